The first-order valence-electron chi connectivity index (χ1n) is 9.88. The van der Waals surface area contributed by atoms with Crippen LogP contribution in [0.15, 0.2) is 71.3 Å². The van der Waals surface area contributed by atoms with Crippen LogP contribution in [0.4, 0.5) is 5.95 Å². The highest BCUT2D eigenvalue weighted by Gasteiger charge is 2.16. The van der Waals surface area contributed by atoms with Gasteiger partial charge in [0.25, 0.3) is 0 Å². The van der Waals surface area contributed by atoms with Crippen LogP contribution in [0.1, 0.15) is 12.5 Å². The number of anilines is 1. The molecule has 0 atom stereocenters. The number of nitrogens with one attached hydrogen (secondary N) is 1. The summed E-state index contributed by atoms with van der Waals surface area (Å²) in [6.45, 7) is 1.95. The van der Waals surface area contributed by atoms with Crippen molar-refractivity contribution in [3.63, 3.8) is 0 Å². The van der Waals surface area contributed by atoms with Crippen molar-refractivity contribution in [3.05, 3.63) is 71.7 Å². The average Bonchev–Trinajstić information content (AvgIpc) is 3.42. The second-order valence-electron chi connectivity index (χ2n) is 7.24. The van der Waals surface area contributed by atoms with Crippen molar-refractivity contribution in [2.24, 2.45) is 12.1 Å². The Kier molecular flexibility index (Phi) is 4.88. The summed E-state index contributed by atoms with van der Waals surface area (Å²) in [6.07, 6.45) is 2.13. The van der Waals surface area contributed by atoms with Gasteiger partial charge in [0.1, 0.15) is 5.75 Å². The minimum Gasteiger partial charge on any atom is -0.497 e. The van der Waals surface area contributed by atoms with Gasteiger partial charge < -0.3 is 9.30 Å². The molecular weight excluding hydrogens is 406 g/mol. The van der Waals surface area contributed by atoms with Crippen molar-refractivity contribution in [2.45, 2.75) is 6.92 Å². The van der Waals surface area contributed by atoms with Gasteiger partial charge >= 0.3 is 0 Å². The van der Waals surface area contributed by atoms with Crippen LogP contribution in [-0.4, -0.2) is 27.4 Å². The summed E-state index contributed by atoms with van der Waals surface area (Å²) >= 11 is 1.65. The summed E-state index contributed by atoms with van der Waals surface area (Å²) in [6, 6.07) is 18.2. The summed E-state index contributed by atoms with van der Waals surface area (Å²) in [7, 11) is 3.71. The molecule has 6 nitrogen and oxygen atoms in total. The van der Waals surface area contributed by atoms with Crippen LogP contribution in [0, 0.1) is 0 Å². The van der Waals surface area contributed by atoms with E-state index in [9.17, 15) is 0 Å². The lowest BCUT2D eigenvalue weighted by Gasteiger charge is -2.07. The fourth-order valence-electron chi connectivity index (χ4n) is 3.66. The lowest BCUT2D eigenvalue weighted by molar-refractivity contribution is 0.415. The quantitative estimate of drug-likeness (QED) is 0.289. The first kappa shape index (κ1) is 19.3. The topological polar surface area (TPSA) is 64.3 Å². The van der Waals surface area contributed by atoms with E-state index in [0.29, 0.717) is 5.95 Å². The summed E-state index contributed by atoms with van der Waals surface area (Å²) in [5.74, 6) is 1.29. The zero-order chi connectivity index (χ0) is 21.4. The number of hydrogen-bond donors (Lipinski definition) is 1. The zero-order valence-corrected chi connectivity index (χ0v) is 18.3. The largest absolute Gasteiger partial charge is 0.497 e. The van der Waals surface area contributed by atoms with Crippen LogP contribution in [0.25, 0.3) is 32.4 Å². The molecule has 0 unspecified atom stereocenters. The molecule has 7 heteroatoms. The lowest BCUT2D eigenvalue weighted by Crippen LogP contribution is -2.03. The Morgan fingerprint density at radius 1 is 1.06 bits per heavy atom. The normalized spacial score (nSPS) is 11.9. The molecule has 0 saturated heterocycles. The van der Waals surface area contributed by atoms with Gasteiger partial charge in [-0.3, -0.25) is 0 Å². The average molecular weight is 428 g/mol. The summed E-state index contributed by atoms with van der Waals surface area (Å²) in [4.78, 5) is 9.50. The number of para-hydroxylation sites is 1. The first-order valence-corrected chi connectivity index (χ1v) is 10.8. The van der Waals surface area contributed by atoms with Crippen LogP contribution in [0.3, 0.4) is 0 Å². The molecule has 31 heavy (non-hydrogen) atoms. The number of thiophene rings is 1. The molecule has 0 spiro atoms. The summed E-state index contributed by atoms with van der Waals surface area (Å²) in [5, 5.41) is 7.73. The molecule has 3 heterocycles. The van der Waals surface area contributed by atoms with Crippen molar-refractivity contribution in [3.8, 4) is 17.0 Å². The monoisotopic (exact) mass is 427 g/mol. The van der Waals surface area contributed by atoms with E-state index < -0.39 is 0 Å². The fraction of sp³-hybridized carbons (Fsp3) is 0.125. The Hall–Kier alpha value is -3.71. The zero-order valence-electron chi connectivity index (χ0n) is 17.5. The molecule has 154 valence electrons. The molecule has 2 aromatic carbocycles. The predicted molar refractivity (Wildman–Crippen MR) is 128 cm³/mol. The van der Waals surface area contributed by atoms with Gasteiger partial charge in [0.05, 0.1) is 28.7 Å². The van der Waals surface area contributed by atoms with E-state index in [0.717, 1.165) is 38.5 Å². The highest BCUT2D eigenvalue weighted by Crippen LogP contribution is 2.36. The molecule has 0 aliphatic carbocycles. The number of rotatable bonds is 5. The maximum absolute atomic E-state index is 5.22. The highest BCUT2D eigenvalue weighted by molar-refractivity contribution is 7.17. The minimum absolute atomic E-state index is 0.474. The number of hydrogen-bond acceptors (Lipinski definition) is 6. The molecule has 0 aliphatic heterocycles. The molecule has 0 saturated carbocycles. The van der Waals surface area contributed by atoms with E-state index in [2.05, 4.69) is 57.6 Å². The van der Waals surface area contributed by atoms with Gasteiger partial charge in [-0.2, -0.15) is 5.10 Å². The van der Waals surface area contributed by atoms with E-state index in [1.165, 1.54) is 10.9 Å². The first-order chi connectivity index (χ1) is 15.1. The molecule has 1 N–H and O–H groups in total. The SMILES string of the molecule is COc1ccc(/C(C)=N/Nc2nc(-c3cn(C)c4ccccc34)c3sccc3n2)cc1. The molecule has 5 aromatic rings. The molecule has 3 aromatic heterocycles. The van der Waals surface area contributed by atoms with Gasteiger partial charge in [-0.05, 0) is 54.3 Å². The Morgan fingerprint density at radius 3 is 2.68 bits per heavy atom. The third-order valence-electron chi connectivity index (χ3n) is 5.29. The van der Waals surface area contributed by atoms with Crippen molar-refractivity contribution < 1.29 is 4.74 Å². The maximum atomic E-state index is 5.22. The van der Waals surface area contributed by atoms with Crippen molar-refractivity contribution in [2.75, 3.05) is 12.5 Å². The molecule has 5 rings (SSSR count). The summed E-state index contributed by atoms with van der Waals surface area (Å²) < 4.78 is 8.42. The van der Waals surface area contributed by atoms with Gasteiger partial charge in [0, 0.05) is 29.7 Å². The van der Waals surface area contributed by atoms with Crippen LogP contribution in [0.2, 0.25) is 0 Å². The van der Waals surface area contributed by atoms with Crippen LogP contribution < -0.4 is 10.2 Å². The van der Waals surface area contributed by atoms with Crippen molar-refractivity contribution >= 4 is 44.1 Å². The third-order valence-corrected chi connectivity index (χ3v) is 6.20. The van der Waals surface area contributed by atoms with Crippen LogP contribution in [-0.2, 0) is 7.05 Å². The Morgan fingerprint density at radius 2 is 1.87 bits per heavy atom. The van der Waals surface area contributed by atoms with Gasteiger partial charge in [0.2, 0.25) is 5.95 Å². The number of ether oxygens (including phenoxy) is 1. The van der Waals surface area contributed by atoms with E-state index in [4.69, 9.17) is 9.72 Å². The number of nitrogens with zero attached hydrogens (tertiary/aromatic N) is 4. The number of fused-ring (bicyclic) bond motifs is 2. The number of hydrazone groups is 1. The van der Waals surface area contributed by atoms with Crippen LogP contribution in [0.5, 0.6) is 5.75 Å². The lowest BCUT2D eigenvalue weighted by atomic mass is 10.1. The number of benzene rings is 2. The Bertz CT molecular complexity index is 1420. The molecule has 0 fully saturated rings. The molecular formula is C24H21N5OS. The van der Waals surface area contributed by atoms with E-state index in [1.807, 2.05) is 42.6 Å². The number of methoxy groups -OCH3 is 1. The second-order valence-corrected chi connectivity index (χ2v) is 8.16. The fourth-order valence-corrected chi connectivity index (χ4v) is 4.49. The smallest absolute Gasteiger partial charge is 0.244 e. The standard InChI is InChI=1S/C24H21N5OS/c1-15(16-8-10-17(30-3)11-9-16)27-28-24-25-20-12-13-31-23(20)22(26-24)19-14-29(2)21-7-5-4-6-18(19)21/h4-14H,1-3H3,(H,25,26,28)/b27-15+. The number of aromatic nitrogens is 3. The molecule has 0 radical (unpaired) electrons. The van der Waals surface area contributed by atoms with Gasteiger partial charge in [0.15, 0.2) is 0 Å². The number of aryl methyl sites for hydroxylation is 1. The Balaban J connectivity index is 1.55. The maximum Gasteiger partial charge on any atom is 0.244 e. The second kappa shape index (κ2) is 7.85. The van der Waals surface area contributed by atoms with Crippen molar-refractivity contribution in [1.82, 2.24) is 14.5 Å². The minimum atomic E-state index is 0.474. The van der Waals surface area contributed by atoms with E-state index in [1.54, 1.807) is 18.4 Å². The van der Waals surface area contributed by atoms with Gasteiger partial charge in [-0.25, -0.2) is 15.4 Å². The van der Waals surface area contributed by atoms with Gasteiger partial charge in [-0.15, -0.1) is 11.3 Å². The molecule has 0 amide bonds. The van der Waals surface area contributed by atoms with E-state index >= 15 is 0 Å². The highest BCUT2D eigenvalue weighted by atomic mass is 32.1. The van der Waals surface area contributed by atoms with E-state index in [-0.39, 0.29) is 0 Å². The Labute approximate surface area is 183 Å². The third kappa shape index (κ3) is 3.53. The van der Waals surface area contributed by atoms with Crippen LogP contribution >= 0.6 is 11.3 Å². The van der Waals surface area contributed by atoms with Crippen molar-refractivity contribution in [1.29, 1.82) is 0 Å². The molecule has 0 aliphatic rings. The van der Waals surface area contributed by atoms with Gasteiger partial charge in [-0.1, -0.05) is 18.2 Å². The predicted octanol–water partition coefficient (Wildman–Crippen LogP) is 5.69. The molecule has 0 bridgehead atoms. The summed E-state index contributed by atoms with van der Waals surface area (Å²) in [5.41, 5.74) is 8.97.